The maximum absolute atomic E-state index is 12.1. The van der Waals surface area contributed by atoms with Gasteiger partial charge in [0.25, 0.3) is 0 Å². The smallest absolute Gasteiger partial charge is 0.243 e. The summed E-state index contributed by atoms with van der Waals surface area (Å²) in [4.78, 5) is 45.6. The summed E-state index contributed by atoms with van der Waals surface area (Å²) in [5, 5.41) is 4.74. The molecule has 0 bridgehead atoms. The Morgan fingerprint density at radius 3 is 2.00 bits per heavy atom. The lowest BCUT2D eigenvalue weighted by Crippen LogP contribution is -2.54. The van der Waals surface area contributed by atoms with Crippen LogP contribution in [-0.2, 0) is 19.2 Å². The molecule has 0 saturated carbocycles. The molecule has 0 aromatic carbocycles. The first-order chi connectivity index (χ1) is 9.67. The number of primary amides is 2. The van der Waals surface area contributed by atoms with Gasteiger partial charge in [-0.1, -0.05) is 13.8 Å². The third-order valence-corrected chi connectivity index (χ3v) is 2.85. The van der Waals surface area contributed by atoms with Crippen LogP contribution in [-0.4, -0.2) is 41.5 Å². The largest absolute Gasteiger partial charge is 0.370 e. The van der Waals surface area contributed by atoms with E-state index < -0.39 is 35.7 Å². The summed E-state index contributed by atoms with van der Waals surface area (Å²) in [7, 11) is 0. The van der Waals surface area contributed by atoms with Crippen LogP contribution in [0.4, 0.5) is 0 Å². The summed E-state index contributed by atoms with van der Waals surface area (Å²) in [5.41, 5.74) is 10.3. The monoisotopic (exact) mass is 318 g/mol. The van der Waals surface area contributed by atoms with E-state index in [1.807, 2.05) is 13.8 Å². The number of rotatable bonds is 9. The topological polar surface area (TPSA) is 144 Å². The molecule has 120 valence electrons. The van der Waals surface area contributed by atoms with Gasteiger partial charge in [-0.15, -0.1) is 0 Å². The lowest BCUT2D eigenvalue weighted by atomic mass is 10.0. The summed E-state index contributed by atoms with van der Waals surface area (Å²) in [6, 6.07) is -2.03. The minimum Gasteiger partial charge on any atom is -0.370 e. The highest BCUT2D eigenvalue weighted by Gasteiger charge is 2.27. The molecule has 0 unspecified atom stereocenters. The van der Waals surface area contributed by atoms with Crippen LogP contribution >= 0.6 is 12.6 Å². The normalized spacial score (nSPS) is 13.3. The highest BCUT2D eigenvalue weighted by molar-refractivity contribution is 7.81. The number of nitrogens with one attached hydrogen (secondary N) is 2. The van der Waals surface area contributed by atoms with Crippen molar-refractivity contribution in [3.8, 4) is 0 Å². The van der Waals surface area contributed by atoms with E-state index in [0.29, 0.717) is 6.42 Å². The van der Waals surface area contributed by atoms with Gasteiger partial charge in [-0.05, 0) is 12.3 Å². The molecule has 0 saturated heterocycles. The Kier molecular flexibility index (Phi) is 8.44. The lowest BCUT2D eigenvalue weighted by Gasteiger charge is -2.22. The maximum atomic E-state index is 12.1. The fourth-order valence-electron chi connectivity index (χ4n) is 1.64. The first-order valence-corrected chi connectivity index (χ1v) is 7.08. The van der Waals surface area contributed by atoms with E-state index >= 15 is 0 Å². The van der Waals surface area contributed by atoms with Gasteiger partial charge in [0, 0.05) is 0 Å². The molecule has 0 spiro atoms. The van der Waals surface area contributed by atoms with Crippen molar-refractivity contribution in [2.75, 3.05) is 5.75 Å². The van der Waals surface area contributed by atoms with Crippen LogP contribution in [0.15, 0.2) is 0 Å². The number of nitrogens with two attached hydrogens (primary N) is 2. The molecule has 8 nitrogen and oxygen atoms in total. The van der Waals surface area contributed by atoms with Crippen molar-refractivity contribution >= 4 is 36.3 Å². The van der Waals surface area contributed by atoms with E-state index in [4.69, 9.17) is 11.5 Å². The van der Waals surface area contributed by atoms with Crippen LogP contribution in [0.2, 0.25) is 0 Å². The number of amides is 4. The molecule has 0 aliphatic rings. The SMILES string of the molecule is CC(C)C[C@H](NC(=O)[C@H](CC(N)=O)NC(=O)CS)C(N)=O. The van der Waals surface area contributed by atoms with Crippen LogP contribution in [0.25, 0.3) is 0 Å². The molecule has 2 atom stereocenters. The van der Waals surface area contributed by atoms with Crippen LogP contribution in [0.1, 0.15) is 26.7 Å². The van der Waals surface area contributed by atoms with E-state index in [9.17, 15) is 19.2 Å². The zero-order chi connectivity index (χ0) is 16.6. The first kappa shape index (κ1) is 19.2. The Hall–Kier alpha value is -1.77. The molecule has 0 fully saturated rings. The molecule has 0 rings (SSSR count). The Morgan fingerprint density at radius 2 is 1.62 bits per heavy atom. The number of thiol groups is 1. The molecular formula is C12H22N4O4S. The predicted molar refractivity (Wildman–Crippen MR) is 80.2 cm³/mol. The van der Waals surface area contributed by atoms with Gasteiger partial charge >= 0.3 is 0 Å². The number of carbonyl (C=O) groups is 4. The summed E-state index contributed by atoms with van der Waals surface area (Å²) in [6.07, 6.45) is -0.0244. The minimum absolute atomic E-state index is 0.129. The van der Waals surface area contributed by atoms with Crippen molar-refractivity contribution in [1.82, 2.24) is 10.6 Å². The van der Waals surface area contributed by atoms with E-state index in [0.717, 1.165) is 0 Å². The van der Waals surface area contributed by atoms with Crippen LogP contribution in [0.3, 0.4) is 0 Å². The van der Waals surface area contributed by atoms with E-state index in [2.05, 4.69) is 23.3 Å². The van der Waals surface area contributed by atoms with Gasteiger partial charge in [-0.2, -0.15) is 12.6 Å². The molecule has 0 aliphatic carbocycles. The van der Waals surface area contributed by atoms with Gasteiger partial charge in [0.1, 0.15) is 12.1 Å². The molecule has 0 heterocycles. The average Bonchev–Trinajstić information content (AvgIpc) is 2.35. The van der Waals surface area contributed by atoms with Crippen molar-refractivity contribution in [2.24, 2.45) is 17.4 Å². The van der Waals surface area contributed by atoms with E-state index in [1.54, 1.807) is 0 Å². The summed E-state index contributed by atoms with van der Waals surface area (Å²) < 4.78 is 0. The molecule has 6 N–H and O–H groups in total. The zero-order valence-corrected chi connectivity index (χ0v) is 13.0. The standard InChI is InChI=1S/C12H22N4O4S/c1-6(2)3-7(11(14)19)16-12(20)8(4-9(13)17)15-10(18)5-21/h6-8,21H,3-5H2,1-2H3,(H2,13,17)(H2,14,19)(H,15,18)(H,16,20)/t7-,8-/m0/s1. The van der Waals surface area contributed by atoms with Gasteiger partial charge in [0.15, 0.2) is 0 Å². The van der Waals surface area contributed by atoms with Crippen molar-refractivity contribution in [3.05, 3.63) is 0 Å². The van der Waals surface area contributed by atoms with Gasteiger partial charge < -0.3 is 22.1 Å². The summed E-state index contributed by atoms with van der Waals surface area (Å²) >= 11 is 3.76. The predicted octanol–water partition coefficient (Wildman–Crippen LogP) is -1.71. The number of carbonyl (C=O) groups excluding carboxylic acids is 4. The highest BCUT2D eigenvalue weighted by Crippen LogP contribution is 2.05. The fourth-order valence-corrected chi connectivity index (χ4v) is 1.73. The Balaban J connectivity index is 4.87. The van der Waals surface area contributed by atoms with Gasteiger partial charge in [0.2, 0.25) is 23.6 Å². The third-order valence-electron chi connectivity index (χ3n) is 2.57. The fraction of sp³-hybridized carbons (Fsp3) is 0.667. The van der Waals surface area contributed by atoms with E-state index in [1.165, 1.54) is 0 Å². The molecule has 0 aromatic rings. The van der Waals surface area contributed by atoms with Crippen molar-refractivity contribution in [2.45, 2.75) is 38.8 Å². The van der Waals surface area contributed by atoms with Crippen molar-refractivity contribution in [3.63, 3.8) is 0 Å². The van der Waals surface area contributed by atoms with Crippen molar-refractivity contribution in [1.29, 1.82) is 0 Å². The number of hydrogen-bond acceptors (Lipinski definition) is 5. The molecule has 0 radical (unpaired) electrons. The van der Waals surface area contributed by atoms with Gasteiger partial charge in [-0.25, -0.2) is 0 Å². The third kappa shape index (κ3) is 8.18. The van der Waals surface area contributed by atoms with Crippen LogP contribution in [0, 0.1) is 5.92 Å². The van der Waals surface area contributed by atoms with Crippen LogP contribution in [0.5, 0.6) is 0 Å². The molecule has 21 heavy (non-hydrogen) atoms. The average molecular weight is 318 g/mol. The first-order valence-electron chi connectivity index (χ1n) is 6.45. The summed E-state index contributed by atoms with van der Waals surface area (Å²) in [6.45, 7) is 3.73. The second-order valence-electron chi connectivity index (χ2n) is 5.04. The molecule has 4 amide bonds. The minimum atomic E-state index is -1.16. The van der Waals surface area contributed by atoms with Gasteiger partial charge in [-0.3, -0.25) is 19.2 Å². The molecule has 0 aliphatic heterocycles. The summed E-state index contributed by atoms with van der Waals surface area (Å²) in [5.74, 6) is -2.67. The Morgan fingerprint density at radius 1 is 1.05 bits per heavy atom. The van der Waals surface area contributed by atoms with E-state index in [-0.39, 0.29) is 18.1 Å². The quantitative estimate of drug-likeness (QED) is 0.322. The Bertz CT molecular complexity index is 414. The second kappa shape index (κ2) is 9.22. The number of hydrogen-bond donors (Lipinski definition) is 5. The van der Waals surface area contributed by atoms with Gasteiger partial charge in [0.05, 0.1) is 12.2 Å². The highest BCUT2D eigenvalue weighted by atomic mass is 32.1. The second-order valence-corrected chi connectivity index (χ2v) is 5.36. The van der Waals surface area contributed by atoms with Crippen molar-refractivity contribution < 1.29 is 19.2 Å². The lowest BCUT2D eigenvalue weighted by molar-refractivity contribution is -0.132. The zero-order valence-electron chi connectivity index (χ0n) is 12.1. The molecule has 9 heteroatoms. The maximum Gasteiger partial charge on any atom is 0.243 e. The molecule has 0 aromatic heterocycles. The molecular weight excluding hydrogens is 296 g/mol. The van der Waals surface area contributed by atoms with Crippen LogP contribution < -0.4 is 22.1 Å². The Labute approximate surface area is 128 Å².